The van der Waals surface area contributed by atoms with Crippen molar-refractivity contribution in [2.75, 3.05) is 0 Å². The van der Waals surface area contributed by atoms with Crippen LogP contribution in [-0.4, -0.2) is 9.13 Å². The van der Waals surface area contributed by atoms with Gasteiger partial charge in [-0.15, -0.1) is 0 Å². The van der Waals surface area contributed by atoms with Crippen molar-refractivity contribution in [2.24, 2.45) is 0 Å². The van der Waals surface area contributed by atoms with Gasteiger partial charge in [-0.25, -0.2) is 4.79 Å². The Bertz CT molecular complexity index is 776. The number of halogens is 1. The van der Waals surface area contributed by atoms with Crippen LogP contribution in [0.3, 0.4) is 0 Å². The zero-order chi connectivity index (χ0) is 14.3. The average Bonchev–Trinajstić information content (AvgIpc) is 2.43. The molecule has 0 saturated heterocycles. The Kier molecular flexibility index (Phi) is 3.54. The van der Waals surface area contributed by atoms with Crippen molar-refractivity contribution in [1.82, 2.24) is 9.13 Å². The first kappa shape index (κ1) is 13.6. The Hall–Kier alpha value is -1.37. The average molecular weight is 382 g/mol. The molecule has 1 aromatic heterocycles. The molecule has 1 atom stereocenters. The van der Waals surface area contributed by atoms with Crippen LogP contribution >= 0.6 is 22.6 Å². The highest BCUT2D eigenvalue weighted by Crippen LogP contribution is 2.35. The molecule has 0 N–H and O–H groups in total. The van der Waals surface area contributed by atoms with Gasteiger partial charge in [0.25, 0.3) is 5.56 Å². The molecule has 104 valence electrons. The van der Waals surface area contributed by atoms with Gasteiger partial charge in [-0.3, -0.25) is 13.9 Å². The van der Waals surface area contributed by atoms with Gasteiger partial charge >= 0.3 is 5.69 Å². The highest BCUT2D eigenvalue weighted by Gasteiger charge is 2.27. The van der Waals surface area contributed by atoms with Crippen molar-refractivity contribution in [3.05, 3.63) is 66.0 Å². The third kappa shape index (κ3) is 2.13. The van der Waals surface area contributed by atoms with Gasteiger partial charge in [0, 0.05) is 25.2 Å². The highest BCUT2D eigenvalue weighted by atomic mass is 127. The fraction of sp³-hybridized carbons (Fsp3) is 0.333. The lowest BCUT2D eigenvalue weighted by Crippen LogP contribution is -2.43. The van der Waals surface area contributed by atoms with Crippen molar-refractivity contribution < 1.29 is 0 Å². The molecule has 4 nitrogen and oxygen atoms in total. The zero-order valence-electron chi connectivity index (χ0n) is 11.2. The summed E-state index contributed by atoms with van der Waals surface area (Å²) < 4.78 is 3.57. The van der Waals surface area contributed by atoms with E-state index in [1.54, 1.807) is 10.8 Å². The number of fused-ring (bicyclic) bond motifs is 1. The lowest BCUT2D eigenvalue weighted by Gasteiger charge is -2.30. The number of aryl methyl sites for hydroxylation is 1. The summed E-state index contributed by atoms with van der Waals surface area (Å²) in [5.74, 6) is 0.278. The first-order chi connectivity index (χ1) is 9.61. The summed E-state index contributed by atoms with van der Waals surface area (Å²) in [4.78, 5) is 24.5. The van der Waals surface area contributed by atoms with Crippen LogP contribution < -0.4 is 11.2 Å². The van der Waals surface area contributed by atoms with Crippen LogP contribution in [0.2, 0.25) is 0 Å². The molecule has 1 aromatic carbocycles. The SMILES string of the molecule is CCn1cc(I)c(=O)n(CC2Cc3ccccc32)c1=O. The first-order valence-electron chi connectivity index (χ1n) is 6.69. The van der Waals surface area contributed by atoms with Gasteiger partial charge in [0.15, 0.2) is 0 Å². The molecular formula is C15H15IN2O2. The summed E-state index contributed by atoms with van der Waals surface area (Å²) in [5.41, 5.74) is 2.21. The second kappa shape index (κ2) is 5.20. The van der Waals surface area contributed by atoms with Crippen LogP contribution in [0, 0.1) is 3.57 Å². The molecule has 1 aliphatic rings. The van der Waals surface area contributed by atoms with Crippen LogP contribution in [0.25, 0.3) is 0 Å². The molecular weight excluding hydrogens is 367 g/mol. The molecule has 0 saturated carbocycles. The minimum Gasteiger partial charge on any atom is -0.300 e. The fourth-order valence-corrected chi connectivity index (χ4v) is 3.38. The Morgan fingerprint density at radius 3 is 2.75 bits per heavy atom. The van der Waals surface area contributed by atoms with Crippen LogP contribution in [0.1, 0.15) is 24.0 Å². The summed E-state index contributed by atoms with van der Waals surface area (Å²) in [6.07, 6.45) is 2.58. The van der Waals surface area contributed by atoms with Gasteiger partial charge in [-0.1, -0.05) is 24.3 Å². The van der Waals surface area contributed by atoms with Gasteiger partial charge in [-0.05, 0) is 47.1 Å². The van der Waals surface area contributed by atoms with E-state index >= 15 is 0 Å². The van der Waals surface area contributed by atoms with Crippen LogP contribution in [-0.2, 0) is 19.5 Å². The van der Waals surface area contributed by atoms with Gasteiger partial charge in [0.1, 0.15) is 0 Å². The Morgan fingerprint density at radius 2 is 2.05 bits per heavy atom. The third-order valence-corrected chi connectivity index (χ3v) is 4.64. The van der Waals surface area contributed by atoms with E-state index in [2.05, 4.69) is 12.1 Å². The quantitative estimate of drug-likeness (QED) is 0.763. The number of rotatable bonds is 3. The maximum absolute atomic E-state index is 12.3. The normalized spacial score (nSPS) is 16.6. The molecule has 5 heteroatoms. The summed E-state index contributed by atoms with van der Waals surface area (Å²) in [5, 5.41) is 0. The Labute approximate surface area is 130 Å². The molecule has 0 fully saturated rings. The lowest BCUT2D eigenvalue weighted by atomic mass is 9.77. The second-order valence-electron chi connectivity index (χ2n) is 5.06. The van der Waals surface area contributed by atoms with Crippen molar-refractivity contribution in [3.63, 3.8) is 0 Å². The predicted molar refractivity (Wildman–Crippen MR) is 86.2 cm³/mol. The zero-order valence-corrected chi connectivity index (χ0v) is 13.3. The van der Waals surface area contributed by atoms with E-state index in [9.17, 15) is 9.59 Å². The molecule has 0 radical (unpaired) electrons. The molecule has 1 unspecified atom stereocenters. The van der Waals surface area contributed by atoms with Crippen molar-refractivity contribution >= 4 is 22.6 Å². The van der Waals surface area contributed by atoms with Crippen LogP contribution in [0.4, 0.5) is 0 Å². The van der Waals surface area contributed by atoms with E-state index < -0.39 is 0 Å². The molecule has 0 amide bonds. The van der Waals surface area contributed by atoms with E-state index in [1.165, 1.54) is 15.7 Å². The smallest absolute Gasteiger partial charge is 0.300 e. The van der Waals surface area contributed by atoms with E-state index in [0.717, 1.165) is 6.42 Å². The molecule has 0 aliphatic heterocycles. The van der Waals surface area contributed by atoms with E-state index in [-0.39, 0.29) is 17.2 Å². The molecule has 3 rings (SSSR count). The molecule has 20 heavy (non-hydrogen) atoms. The summed E-state index contributed by atoms with van der Waals surface area (Å²) >= 11 is 2.00. The maximum Gasteiger partial charge on any atom is 0.331 e. The van der Waals surface area contributed by atoms with Gasteiger partial charge in [0.05, 0.1) is 3.57 Å². The maximum atomic E-state index is 12.3. The standard InChI is InChI=1S/C15H15IN2O2/c1-2-17-9-13(16)14(19)18(15(17)20)8-11-7-10-5-3-4-6-12(10)11/h3-6,9,11H,2,7-8H2,1H3. The third-order valence-electron chi connectivity index (χ3n) is 3.90. The van der Waals surface area contributed by atoms with Crippen molar-refractivity contribution in [2.45, 2.75) is 32.4 Å². The number of benzene rings is 1. The van der Waals surface area contributed by atoms with Gasteiger partial charge < -0.3 is 0 Å². The minimum atomic E-state index is -0.206. The van der Waals surface area contributed by atoms with Crippen LogP contribution in [0.15, 0.2) is 40.1 Å². The Balaban J connectivity index is 1.99. The van der Waals surface area contributed by atoms with Crippen molar-refractivity contribution in [1.29, 1.82) is 0 Å². The molecule has 1 aliphatic carbocycles. The first-order valence-corrected chi connectivity index (χ1v) is 7.77. The van der Waals surface area contributed by atoms with Gasteiger partial charge in [-0.2, -0.15) is 0 Å². The van der Waals surface area contributed by atoms with E-state index in [0.29, 0.717) is 16.7 Å². The number of nitrogens with zero attached hydrogens (tertiary/aromatic N) is 2. The topological polar surface area (TPSA) is 44.0 Å². The lowest BCUT2D eigenvalue weighted by molar-refractivity contribution is 0.464. The predicted octanol–water partition coefficient (Wildman–Crippen LogP) is 1.97. The molecule has 2 aromatic rings. The monoisotopic (exact) mass is 382 g/mol. The highest BCUT2D eigenvalue weighted by molar-refractivity contribution is 14.1. The van der Waals surface area contributed by atoms with Crippen LogP contribution in [0.5, 0.6) is 0 Å². The summed E-state index contributed by atoms with van der Waals surface area (Å²) in [6, 6.07) is 8.22. The minimum absolute atomic E-state index is 0.176. The number of hydrogen-bond donors (Lipinski definition) is 0. The molecule has 0 bridgehead atoms. The fourth-order valence-electron chi connectivity index (χ4n) is 2.75. The molecule has 0 spiro atoms. The largest absolute Gasteiger partial charge is 0.331 e. The summed E-state index contributed by atoms with van der Waals surface area (Å²) in [6.45, 7) is 2.97. The number of hydrogen-bond acceptors (Lipinski definition) is 2. The van der Waals surface area contributed by atoms with Crippen molar-refractivity contribution in [3.8, 4) is 0 Å². The molecule has 1 heterocycles. The summed E-state index contributed by atoms with van der Waals surface area (Å²) in [7, 11) is 0. The second-order valence-corrected chi connectivity index (χ2v) is 6.22. The van der Waals surface area contributed by atoms with E-state index in [1.807, 2.05) is 41.6 Å². The van der Waals surface area contributed by atoms with Gasteiger partial charge in [0.2, 0.25) is 0 Å². The Morgan fingerprint density at radius 1 is 1.30 bits per heavy atom. The van der Waals surface area contributed by atoms with E-state index in [4.69, 9.17) is 0 Å². The number of aromatic nitrogens is 2.